The number of H-pyrrole nitrogens is 1. The molecule has 2 unspecified atom stereocenters. The average molecular weight is 260 g/mol. The van der Waals surface area contributed by atoms with Crippen LogP contribution in [0.25, 0.3) is 11.0 Å². The molecule has 2 atom stereocenters. The van der Waals surface area contributed by atoms with Gasteiger partial charge in [0.05, 0.1) is 23.1 Å². The lowest BCUT2D eigenvalue weighted by Gasteiger charge is -2.15. The third kappa shape index (κ3) is 3.12. The zero-order valence-corrected chi connectivity index (χ0v) is 11.3. The molecule has 0 radical (unpaired) electrons. The van der Waals surface area contributed by atoms with Crippen molar-refractivity contribution in [3.05, 3.63) is 30.1 Å². The number of hydrogen-bond donors (Lipinski definition) is 3. The van der Waals surface area contributed by atoms with Gasteiger partial charge >= 0.3 is 0 Å². The molecule has 5 nitrogen and oxygen atoms in total. The Morgan fingerprint density at radius 2 is 2.21 bits per heavy atom. The Balaban J connectivity index is 2.07. The second kappa shape index (κ2) is 5.84. The lowest BCUT2D eigenvalue weighted by atomic mass is 10.1. The number of hydrogen-bond acceptors (Lipinski definition) is 3. The van der Waals surface area contributed by atoms with Crippen molar-refractivity contribution in [1.29, 1.82) is 0 Å². The van der Waals surface area contributed by atoms with Crippen molar-refractivity contribution in [2.24, 2.45) is 5.73 Å². The highest BCUT2D eigenvalue weighted by atomic mass is 16.2. The van der Waals surface area contributed by atoms with Crippen LogP contribution in [-0.4, -0.2) is 21.9 Å². The highest BCUT2D eigenvalue weighted by Crippen LogP contribution is 2.15. The van der Waals surface area contributed by atoms with E-state index < -0.39 is 6.04 Å². The molecular formula is C14H20N4O. The van der Waals surface area contributed by atoms with Gasteiger partial charge in [-0.15, -0.1) is 0 Å². The van der Waals surface area contributed by atoms with Crippen LogP contribution in [0.1, 0.15) is 38.6 Å². The number of benzene rings is 1. The zero-order chi connectivity index (χ0) is 13.8. The molecule has 19 heavy (non-hydrogen) atoms. The number of carbonyl (C=O) groups excluding carboxylic acids is 1. The number of fused-ring (bicyclic) bond motifs is 1. The van der Waals surface area contributed by atoms with Crippen molar-refractivity contribution in [3.63, 3.8) is 0 Å². The SMILES string of the molecule is CCCC(N)C(=O)NC(C)c1nc2ccccc2[nH]1. The number of aromatic nitrogens is 2. The van der Waals surface area contributed by atoms with Crippen LogP contribution in [0.15, 0.2) is 24.3 Å². The van der Waals surface area contributed by atoms with E-state index in [2.05, 4.69) is 15.3 Å². The molecular weight excluding hydrogens is 240 g/mol. The van der Waals surface area contributed by atoms with E-state index in [0.29, 0.717) is 6.42 Å². The summed E-state index contributed by atoms with van der Waals surface area (Å²) in [5.41, 5.74) is 7.65. The van der Waals surface area contributed by atoms with E-state index >= 15 is 0 Å². The zero-order valence-electron chi connectivity index (χ0n) is 11.3. The predicted molar refractivity (Wildman–Crippen MR) is 75.5 cm³/mol. The van der Waals surface area contributed by atoms with Crippen molar-refractivity contribution >= 4 is 16.9 Å². The normalized spacial score (nSPS) is 14.3. The molecule has 0 saturated heterocycles. The van der Waals surface area contributed by atoms with Crippen molar-refractivity contribution in [3.8, 4) is 0 Å². The third-order valence-electron chi connectivity index (χ3n) is 3.11. The smallest absolute Gasteiger partial charge is 0.237 e. The van der Waals surface area contributed by atoms with Gasteiger partial charge < -0.3 is 16.0 Å². The first-order valence-corrected chi connectivity index (χ1v) is 6.62. The molecule has 1 aromatic carbocycles. The highest BCUT2D eigenvalue weighted by Gasteiger charge is 2.17. The number of nitrogens with two attached hydrogens (primary N) is 1. The molecule has 0 aliphatic rings. The fourth-order valence-electron chi connectivity index (χ4n) is 2.01. The first-order valence-electron chi connectivity index (χ1n) is 6.62. The number of rotatable bonds is 5. The van der Waals surface area contributed by atoms with Crippen molar-refractivity contribution in [1.82, 2.24) is 15.3 Å². The maximum Gasteiger partial charge on any atom is 0.237 e. The lowest BCUT2D eigenvalue weighted by molar-refractivity contribution is -0.123. The van der Waals surface area contributed by atoms with Crippen LogP contribution < -0.4 is 11.1 Å². The molecule has 1 heterocycles. The number of imidazole rings is 1. The fraction of sp³-hybridized carbons (Fsp3) is 0.429. The van der Waals surface area contributed by atoms with E-state index in [1.807, 2.05) is 38.1 Å². The molecule has 0 aliphatic carbocycles. The Bertz CT molecular complexity index is 530. The van der Waals surface area contributed by atoms with Gasteiger partial charge in [-0.05, 0) is 25.5 Å². The average Bonchev–Trinajstić information content (AvgIpc) is 2.82. The number of carbonyl (C=O) groups is 1. The van der Waals surface area contributed by atoms with Crippen LogP contribution in [0, 0.1) is 0 Å². The molecule has 0 fully saturated rings. The van der Waals surface area contributed by atoms with Gasteiger partial charge in [-0.3, -0.25) is 4.79 Å². The summed E-state index contributed by atoms with van der Waals surface area (Å²) in [6.07, 6.45) is 1.59. The number of nitrogens with zero attached hydrogens (tertiary/aromatic N) is 1. The minimum absolute atomic E-state index is 0.130. The van der Waals surface area contributed by atoms with Crippen LogP contribution >= 0.6 is 0 Å². The van der Waals surface area contributed by atoms with Crippen LogP contribution in [0.4, 0.5) is 0 Å². The monoisotopic (exact) mass is 260 g/mol. The van der Waals surface area contributed by atoms with E-state index in [4.69, 9.17) is 5.73 Å². The Labute approximate surface area is 112 Å². The van der Waals surface area contributed by atoms with E-state index in [0.717, 1.165) is 23.3 Å². The summed E-state index contributed by atoms with van der Waals surface area (Å²) >= 11 is 0. The van der Waals surface area contributed by atoms with E-state index in [1.54, 1.807) is 0 Å². The summed E-state index contributed by atoms with van der Waals surface area (Å²) in [7, 11) is 0. The molecule has 1 aromatic heterocycles. The molecule has 5 heteroatoms. The van der Waals surface area contributed by atoms with Crippen LogP contribution in [0.3, 0.4) is 0 Å². The molecule has 2 aromatic rings. The van der Waals surface area contributed by atoms with E-state index in [9.17, 15) is 4.79 Å². The van der Waals surface area contributed by atoms with Gasteiger partial charge in [0.1, 0.15) is 5.82 Å². The standard InChI is InChI=1S/C14H20N4O/c1-3-6-10(15)14(19)16-9(2)13-17-11-7-4-5-8-12(11)18-13/h4-5,7-10H,3,6,15H2,1-2H3,(H,16,19)(H,17,18). The molecule has 0 bridgehead atoms. The fourth-order valence-corrected chi connectivity index (χ4v) is 2.01. The van der Waals surface area contributed by atoms with Gasteiger partial charge in [0.25, 0.3) is 0 Å². The number of amides is 1. The van der Waals surface area contributed by atoms with Gasteiger partial charge in [0, 0.05) is 0 Å². The van der Waals surface area contributed by atoms with Crippen LogP contribution in [-0.2, 0) is 4.79 Å². The molecule has 0 spiro atoms. The quantitative estimate of drug-likeness (QED) is 0.767. The minimum atomic E-state index is -0.447. The second-order valence-corrected chi connectivity index (χ2v) is 4.76. The first kappa shape index (κ1) is 13.5. The summed E-state index contributed by atoms with van der Waals surface area (Å²) in [6.45, 7) is 3.91. The Morgan fingerprint density at radius 1 is 1.47 bits per heavy atom. The molecule has 4 N–H and O–H groups in total. The third-order valence-corrected chi connectivity index (χ3v) is 3.11. The van der Waals surface area contributed by atoms with Gasteiger partial charge in [-0.1, -0.05) is 25.5 Å². The van der Waals surface area contributed by atoms with Crippen LogP contribution in [0.2, 0.25) is 0 Å². The molecule has 0 aliphatic heterocycles. The lowest BCUT2D eigenvalue weighted by Crippen LogP contribution is -2.41. The first-order chi connectivity index (χ1) is 9.11. The van der Waals surface area contributed by atoms with E-state index in [-0.39, 0.29) is 11.9 Å². The second-order valence-electron chi connectivity index (χ2n) is 4.76. The largest absolute Gasteiger partial charge is 0.345 e. The number of nitrogens with one attached hydrogen (secondary N) is 2. The maximum atomic E-state index is 11.9. The summed E-state index contributed by atoms with van der Waals surface area (Å²) in [5.74, 6) is 0.619. The Morgan fingerprint density at radius 3 is 2.89 bits per heavy atom. The maximum absolute atomic E-state index is 11.9. The highest BCUT2D eigenvalue weighted by molar-refractivity contribution is 5.82. The van der Waals surface area contributed by atoms with Crippen molar-refractivity contribution in [2.45, 2.75) is 38.8 Å². The molecule has 1 amide bonds. The van der Waals surface area contributed by atoms with Crippen molar-refractivity contribution in [2.75, 3.05) is 0 Å². The summed E-state index contributed by atoms with van der Waals surface area (Å²) < 4.78 is 0. The van der Waals surface area contributed by atoms with Gasteiger partial charge in [-0.25, -0.2) is 4.98 Å². The van der Waals surface area contributed by atoms with Crippen molar-refractivity contribution < 1.29 is 4.79 Å². The summed E-state index contributed by atoms with van der Waals surface area (Å²) in [5, 5.41) is 2.88. The number of aromatic amines is 1. The minimum Gasteiger partial charge on any atom is -0.345 e. The molecule has 2 rings (SSSR count). The number of para-hydroxylation sites is 2. The Hall–Kier alpha value is -1.88. The molecule has 102 valence electrons. The summed E-state index contributed by atoms with van der Waals surface area (Å²) in [6, 6.07) is 7.16. The predicted octanol–water partition coefficient (Wildman–Crippen LogP) is 1.87. The van der Waals surface area contributed by atoms with Gasteiger partial charge in [-0.2, -0.15) is 0 Å². The van der Waals surface area contributed by atoms with Crippen LogP contribution in [0.5, 0.6) is 0 Å². The topological polar surface area (TPSA) is 83.8 Å². The Kier molecular flexibility index (Phi) is 4.16. The van der Waals surface area contributed by atoms with E-state index in [1.165, 1.54) is 0 Å². The molecule has 0 saturated carbocycles. The summed E-state index contributed by atoms with van der Waals surface area (Å²) in [4.78, 5) is 19.5. The van der Waals surface area contributed by atoms with Gasteiger partial charge in [0.15, 0.2) is 0 Å². The van der Waals surface area contributed by atoms with Gasteiger partial charge in [0.2, 0.25) is 5.91 Å².